The first-order valence-electron chi connectivity index (χ1n) is 7.69. The van der Waals surface area contributed by atoms with E-state index in [0.717, 1.165) is 21.9 Å². The quantitative estimate of drug-likeness (QED) is 0.551. The number of carbonyl (C=O) groups excluding carboxylic acids is 1. The van der Waals surface area contributed by atoms with E-state index >= 15 is 0 Å². The Hall–Kier alpha value is -3.06. The zero-order chi connectivity index (χ0) is 17.2. The number of H-pyrrole nitrogens is 1. The molecule has 1 amide bonds. The van der Waals surface area contributed by atoms with E-state index in [-0.39, 0.29) is 5.91 Å². The van der Waals surface area contributed by atoms with Crippen LogP contribution in [0.3, 0.4) is 0 Å². The molecule has 0 bridgehead atoms. The Balaban J connectivity index is 1.69. The minimum atomic E-state index is -0.268. The molecule has 25 heavy (non-hydrogen) atoms. The van der Waals surface area contributed by atoms with Gasteiger partial charge in [-0.15, -0.1) is 0 Å². The lowest BCUT2D eigenvalue weighted by Gasteiger charge is -2.10. The number of hydrogen-bond donors (Lipinski definition) is 2. The van der Waals surface area contributed by atoms with Crippen molar-refractivity contribution in [1.29, 1.82) is 0 Å². The van der Waals surface area contributed by atoms with Crippen molar-refractivity contribution in [3.63, 3.8) is 0 Å². The van der Waals surface area contributed by atoms with E-state index < -0.39 is 0 Å². The van der Waals surface area contributed by atoms with Crippen LogP contribution in [0.15, 0.2) is 66.0 Å². The van der Waals surface area contributed by atoms with Gasteiger partial charge in [-0.05, 0) is 30.5 Å². The summed E-state index contributed by atoms with van der Waals surface area (Å²) in [4.78, 5) is 24.6. The van der Waals surface area contributed by atoms with Gasteiger partial charge < -0.3 is 4.98 Å². The molecule has 2 aromatic carbocycles. The molecule has 0 unspecified atom stereocenters. The van der Waals surface area contributed by atoms with E-state index in [0.29, 0.717) is 11.6 Å². The number of anilines is 1. The van der Waals surface area contributed by atoms with Gasteiger partial charge in [0.25, 0.3) is 5.91 Å². The summed E-state index contributed by atoms with van der Waals surface area (Å²) in [6, 6.07) is 17.3. The third kappa shape index (κ3) is 2.89. The molecule has 0 saturated carbocycles. The van der Waals surface area contributed by atoms with Crippen molar-refractivity contribution in [2.75, 3.05) is 11.6 Å². The van der Waals surface area contributed by atoms with Gasteiger partial charge in [-0.3, -0.25) is 14.7 Å². The monoisotopic (exact) mass is 349 g/mol. The molecule has 0 radical (unpaired) electrons. The number of fused-ring (bicyclic) bond motifs is 1. The zero-order valence-corrected chi connectivity index (χ0v) is 14.2. The van der Waals surface area contributed by atoms with Crippen LogP contribution in [0.1, 0.15) is 10.5 Å². The van der Waals surface area contributed by atoms with Gasteiger partial charge in [0.2, 0.25) is 5.95 Å². The second-order valence-electron chi connectivity index (χ2n) is 5.36. The Labute approximate surface area is 148 Å². The third-order valence-corrected chi connectivity index (χ3v) is 4.43. The van der Waals surface area contributed by atoms with Crippen molar-refractivity contribution in [2.24, 2.45) is 0 Å². The summed E-state index contributed by atoms with van der Waals surface area (Å²) in [7, 11) is 0. The number of nitrogens with one attached hydrogen (secondary N) is 2. The lowest BCUT2D eigenvalue weighted by atomic mass is 10.3. The highest BCUT2D eigenvalue weighted by atomic mass is 32.2. The van der Waals surface area contributed by atoms with E-state index in [1.165, 1.54) is 11.8 Å². The van der Waals surface area contributed by atoms with Crippen molar-refractivity contribution in [3.8, 4) is 5.69 Å². The lowest BCUT2D eigenvalue weighted by molar-refractivity contribution is 0.101. The Morgan fingerprint density at radius 3 is 2.64 bits per heavy atom. The molecule has 0 spiro atoms. The van der Waals surface area contributed by atoms with Gasteiger partial charge in [-0.25, -0.2) is 9.97 Å². The van der Waals surface area contributed by atoms with Gasteiger partial charge in [-0.1, -0.05) is 42.1 Å². The smallest absolute Gasteiger partial charge is 0.276 e. The molecule has 2 N–H and O–H groups in total. The standard InChI is InChI=1S/C18H15N5OS/c1-25-18-19-11-15(23(18)12-7-3-2-4-8-12)16(24)22-17-20-13-9-5-6-10-14(13)21-17/h2-11H,1H3,(H2,20,21,22,24). The van der Waals surface area contributed by atoms with Crippen LogP contribution in [-0.4, -0.2) is 31.7 Å². The van der Waals surface area contributed by atoms with Crippen LogP contribution < -0.4 is 5.32 Å². The van der Waals surface area contributed by atoms with Gasteiger partial charge in [0, 0.05) is 5.69 Å². The molecule has 4 aromatic rings. The Kier molecular flexibility index (Phi) is 3.99. The molecule has 7 heteroatoms. The summed E-state index contributed by atoms with van der Waals surface area (Å²) in [6.07, 6.45) is 3.51. The summed E-state index contributed by atoms with van der Waals surface area (Å²) in [5.41, 5.74) is 3.02. The predicted octanol–water partition coefficient (Wildman–Crippen LogP) is 3.72. The number of para-hydroxylation sites is 3. The zero-order valence-electron chi connectivity index (χ0n) is 13.4. The highest BCUT2D eigenvalue weighted by Gasteiger charge is 2.18. The molecular weight excluding hydrogens is 334 g/mol. The lowest BCUT2D eigenvalue weighted by Crippen LogP contribution is -2.17. The average molecular weight is 349 g/mol. The molecule has 0 saturated heterocycles. The largest absolute Gasteiger partial charge is 0.324 e. The van der Waals surface area contributed by atoms with E-state index in [4.69, 9.17) is 0 Å². The van der Waals surface area contributed by atoms with Crippen molar-refractivity contribution >= 4 is 34.7 Å². The molecule has 0 aliphatic rings. The number of thioether (sulfide) groups is 1. The summed E-state index contributed by atoms with van der Waals surface area (Å²) < 4.78 is 1.84. The minimum absolute atomic E-state index is 0.268. The maximum Gasteiger partial charge on any atom is 0.276 e. The fourth-order valence-corrected chi connectivity index (χ4v) is 3.19. The number of benzene rings is 2. The van der Waals surface area contributed by atoms with Gasteiger partial charge in [0.15, 0.2) is 5.16 Å². The van der Waals surface area contributed by atoms with Crippen molar-refractivity contribution in [2.45, 2.75) is 5.16 Å². The number of rotatable bonds is 4. The molecule has 6 nitrogen and oxygen atoms in total. The van der Waals surface area contributed by atoms with Crippen LogP contribution in [0.25, 0.3) is 16.7 Å². The first-order chi connectivity index (χ1) is 12.3. The first-order valence-corrected chi connectivity index (χ1v) is 8.92. The van der Waals surface area contributed by atoms with Crippen LogP contribution in [0.2, 0.25) is 0 Å². The number of aromatic amines is 1. The van der Waals surface area contributed by atoms with Crippen molar-refractivity contribution < 1.29 is 4.79 Å². The Morgan fingerprint density at radius 1 is 1.12 bits per heavy atom. The topological polar surface area (TPSA) is 75.6 Å². The highest BCUT2D eigenvalue weighted by molar-refractivity contribution is 7.98. The molecular formula is C18H15N5OS. The van der Waals surface area contributed by atoms with Crippen LogP contribution in [0.5, 0.6) is 0 Å². The number of carbonyl (C=O) groups is 1. The summed E-state index contributed by atoms with van der Waals surface area (Å²) >= 11 is 1.49. The number of aromatic nitrogens is 4. The fourth-order valence-electron chi connectivity index (χ4n) is 2.65. The predicted molar refractivity (Wildman–Crippen MR) is 99.4 cm³/mol. The van der Waals surface area contributed by atoms with Gasteiger partial charge in [0.05, 0.1) is 17.2 Å². The number of nitrogens with zero attached hydrogens (tertiary/aromatic N) is 3. The van der Waals surface area contributed by atoms with E-state index in [1.54, 1.807) is 6.20 Å². The van der Waals surface area contributed by atoms with E-state index in [2.05, 4.69) is 20.3 Å². The fraction of sp³-hybridized carbons (Fsp3) is 0.0556. The molecule has 4 rings (SSSR count). The number of amides is 1. The SMILES string of the molecule is CSc1ncc(C(=O)Nc2nc3ccccc3[nH]2)n1-c1ccccc1. The normalized spacial score (nSPS) is 10.9. The number of imidazole rings is 2. The Morgan fingerprint density at radius 2 is 1.88 bits per heavy atom. The first kappa shape index (κ1) is 15.5. The second kappa shape index (κ2) is 6.45. The molecule has 0 fully saturated rings. The Bertz CT molecular complexity index is 1010. The maximum atomic E-state index is 12.8. The average Bonchev–Trinajstić information content (AvgIpc) is 3.25. The van der Waals surface area contributed by atoms with Crippen LogP contribution in [0.4, 0.5) is 5.95 Å². The second-order valence-corrected chi connectivity index (χ2v) is 6.13. The van der Waals surface area contributed by atoms with E-state index in [9.17, 15) is 4.79 Å². The van der Waals surface area contributed by atoms with Crippen LogP contribution in [-0.2, 0) is 0 Å². The van der Waals surface area contributed by atoms with Crippen molar-refractivity contribution in [3.05, 3.63) is 66.5 Å². The van der Waals surface area contributed by atoms with Gasteiger partial charge in [0.1, 0.15) is 5.69 Å². The molecule has 2 aromatic heterocycles. The van der Waals surface area contributed by atoms with Gasteiger partial charge in [-0.2, -0.15) is 0 Å². The minimum Gasteiger partial charge on any atom is -0.324 e. The number of hydrogen-bond acceptors (Lipinski definition) is 4. The molecule has 0 atom stereocenters. The summed E-state index contributed by atoms with van der Waals surface area (Å²) in [5.74, 6) is 0.147. The van der Waals surface area contributed by atoms with Crippen molar-refractivity contribution in [1.82, 2.24) is 19.5 Å². The van der Waals surface area contributed by atoms with E-state index in [1.807, 2.05) is 65.4 Å². The van der Waals surface area contributed by atoms with Crippen LogP contribution in [0, 0.1) is 0 Å². The highest BCUT2D eigenvalue weighted by Crippen LogP contribution is 2.22. The summed E-state index contributed by atoms with van der Waals surface area (Å²) in [6.45, 7) is 0. The van der Waals surface area contributed by atoms with Gasteiger partial charge >= 0.3 is 0 Å². The molecule has 0 aliphatic heterocycles. The summed E-state index contributed by atoms with van der Waals surface area (Å²) in [5, 5.41) is 3.57. The van der Waals surface area contributed by atoms with Crippen LogP contribution >= 0.6 is 11.8 Å². The maximum absolute atomic E-state index is 12.8. The molecule has 0 aliphatic carbocycles. The molecule has 124 valence electrons. The third-order valence-electron chi connectivity index (χ3n) is 3.78. The molecule has 2 heterocycles.